The summed E-state index contributed by atoms with van der Waals surface area (Å²) in [5.41, 5.74) is 3.59. The molecule has 4 aromatic rings. The molecule has 0 saturated carbocycles. The van der Waals surface area contributed by atoms with Gasteiger partial charge in [-0.2, -0.15) is 5.26 Å². The maximum absolute atomic E-state index is 12.9. The number of benzene rings is 1. The van der Waals surface area contributed by atoms with Crippen LogP contribution in [0.25, 0.3) is 22.3 Å². The van der Waals surface area contributed by atoms with Crippen molar-refractivity contribution in [1.82, 2.24) is 20.3 Å². The largest absolute Gasteiger partial charge is 0.378 e. The molecule has 39 heavy (non-hydrogen) atoms. The number of rotatable bonds is 4. The molecule has 0 bridgehead atoms. The van der Waals surface area contributed by atoms with Gasteiger partial charge in [-0.3, -0.25) is 9.78 Å². The Bertz CT molecular complexity index is 1690. The number of carbonyl (C=O) groups is 1. The van der Waals surface area contributed by atoms with E-state index in [0.29, 0.717) is 41.6 Å². The van der Waals surface area contributed by atoms with Gasteiger partial charge in [-0.15, -0.1) is 0 Å². The van der Waals surface area contributed by atoms with E-state index in [4.69, 9.17) is 9.72 Å². The van der Waals surface area contributed by atoms with Gasteiger partial charge in [0, 0.05) is 17.1 Å². The van der Waals surface area contributed by atoms with E-state index in [1.807, 2.05) is 43.3 Å². The molecule has 0 fully saturated rings. The molecule has 8 nitrogen and oxygen atoms in total. The fraction of sp³-hybridized carbons (Fsp3) is 0.258. The van der Waals surface area contributed by atoms with Gasteiger partial charge in [0.15, 0.2) is 0 Å². The van der Waals surface area contributed by atoms with Gasteiger partial charge in [0.1, 0.15) is 16.7 Å². The lowest BCUT2D eigenvalue weighted by molar-refractivity contribution is 0.0757. The molecule has 1 atom stereocenters. The Labute approximate surface area is 226 Å². The van der Waals surface area contributed by atoms with E-state index in [2.05, 4.69) is 33.2 Å². The van der Waals surface area contributed by atoms with Crippen molar-refractivity contribution in [1.29, 1.82) is 5.26 Å². The Morgan fingerprint density at radius 3 is 2.77 bits per heavy atom. The minimum Gasteiger partial charge on any atom is -0.378 e. The first-order chi connectivity index (χ1) is 18.6. The first-order valence-electron chi connectivity index (χ1n) is 12.5. The van der Waals surface area contributed by atoms with Gasteiger partial charge in [-0.05, 0) is 80.3 Å². The summed E-state index contributed by atoms with van der Waals surface area (Å²) in [7, 11) is 0. The molecule has 0 saturated heterocycles. The number of ether oxygens (including phenoxy) is 1. The van der Waals surface area contributed by atoms with Crippen LogP contribution in [0.15, 0.2) is 60.8 Å². The number of fused-ring (bicyclic) bond motifs is 2. The third-order valence-corrected chi connectivity index (χ3v) is 6.43. The molecule has 1 aromatic carbocycles. The highest BCUT2D eigenvalue weighted by Crippen LogP contribution is 2.32. The molecule has 1 aliphatic rings. The molecule has 4 heterocycles. The normalized spacial score (nSPS) is 16.5. The highest BCUT2D eigenvalue weighted by molar-refractivity contribution is 5.94. The molecular formula is C31H27N5O3. The lowest BCUT2D eigenvalue weighted by Gasteiger charge is -2.30. The fourth-order valence-corrected chi connectivity index (χ4v) is 4.33. The molecule has 0 spiro atoms. The van der Waals surface area contributed by atoms with Crippen molar-refractivity contribution in [2.24, 2.45) is 0 Å². The summed E-state index contributed by atoms with van der Waals surface area (Å²) in [5, 5.41) is 23.3. The van der Waals surface area contributed by atoms with Crippen molar-refractivity contribution in [3.63, 3.8) is 0 Å². The third kappa shape index (κ3) is 5.78. The molecule has 5 rings (SSSR count). The number of hydrogen-bond acceptors (Lipinski definition) is 7. The quantitative estimate of drug-likeness (QED) is 0.392. The predicted molar refractivity (Wildman–Crippen MR) is 146 cm³/mol. The standard InChI is InChI=1S/C31H27N5O3/c1-30(2,38)12-11-23-5-4-6-26(35-23)27-10-9-21-15-33-24(14-28(21)36-27)16-34-29(37)20-7-8-22-17-39-19-31(3,18-32)25(22)13-20/h4-10,13-15,38H,16-17,19H2,1-3H3,(H,34,37)/t31-/m1/s1. The van der Waals surface area contributed by atoms with Crippen molar-refractivity contribution < 1.29 is 14.6 Å². The van der Waals surface area contributed by atoms with Gasteiger partial charge in [0.2, 0.25) is 0 Å². The SMILES string of the molecule is CC(C)(O)C#Cc1cccc(-c2ccc3cnc(CNC(=O)c4ccc5c(c4)[C@](C)(C#N)COC5)cc3n2)n1. The summed E-state index contributed by atoms with van der Waals surface area (Å²) >= 11 is 0. The molecular weight excluding hydrogens is 490 g/mol. The van der Waals surface area contributed by atoms with Gasteiger partial charge in [0.05, 0.1) is 48.4 Å². The summed E-state index contributed by atoms with van der Waals surface area (Å²) in [6, 6.07) is 18.8. The molecule has 0 aliphatic carbocycles. The number of carbonyl (C=O) groups excluding carboxylic acids is 1. The third-order valence-electron chi connectivity index (χ3n) is 6.43. The average molecular weight is 518 g/mol. The Kier molecular flexibility index (Phi) is 6.84. The number of nitriles is 1. The second kappa shape index (κ2) is 10.3. The number of nitrogens with zero attached hydrogens (tertiary/aromatic N) is 4. The lowest BCUT2D eigenvalue weighted by atomic mass is 9.79. The van der Waals surface area contributed by atoms with Crippen LogP contribution in [0.2, 0.25) is 0 Å². The molecule has 8 heteroatoms. The van der Waals surface area contributed by atoms with Gasteiger partial charge in [0.25, 0.3) is 5.91 Å². The number of aliphatic hydroxyl groups is 1. The highest BCUT2D eigenvalue weighted by Gasteiger charge is 2.33. The van der Waals surface area contributed by atoms with Crippen molar-refractivity contribution >= 4 is 16.8 Å². The maximum Gasteiger partial charge on any atom is 0.251 e. The minimum atomic E-state index is -1.11. The van der Waals surface area contributed by atoms with E-state index in [1.54, 1.807) is 38.2 Å². The first kappa shape index (κ1) is 26.0. The van der Waals surface area contributed by atoms with E-state index in [-0.39, 0.29) is 12.5 Å². The zero-order valence-electron chi connectivity index (χ0n) is 21.9. The van der Waals surface area contributed by atoms with Crippen LogP contribution >= 0.6 is 0 Å². The van der Waals surface area contributed by atoms with Crippen LogP contribution < -0.4 is 5.32 Å². The second-order valence-corrected chi connectivity index (χ2v) is 10.3. The zero-order valence-corrected chi connectivity index (χ0v) is 21.9. The summed E-state index contributed by atoms with van der Waals surface area (Å²) < 4.78 is 5.55. The molecule has 0 radical (unpaired) electrons. The molecule has 1 amide bonds. The van der Waals surface area contributed by atoms with E-state index >= 15 is 0 Å². The smallest absolute Gasteiger partial charge is 0.251 e. The number of aromatic nitrogens is 3. The Morgan fingerprint density at radius 1 is 1.15 bits per heavy atom. The number of hydrogen-bond donors (Lipinski definition) is 2. The van der Waals surface area contributed by atoms with Crippen LogP contribution in [-0.2, 0) is 23.3 Å². The summed E-state index contributed by atoms with van der Waals surface area (Å²) in [4.78, 5) is 26.7. The zero-order chi connectivity index (χ0) is 27.6. The summed E-state index contributed by atoms with van der Waals surface area (Å²) in [5.74, 6) is 5.42. The summed E-state index contributed by atoms with van der Waals surface area (Å²) in [6.07, 6.45) is 1.73. The van der Waals surface area contributed by atoms with Crippen LogP contribution in [0.4, 0.5) is 0 Å². The van der Waals surface area contributed by atoms with E-state index in [9.17, 15) is 15.2 Å². The monoisotopic (exact) mass is 517 g/mol. The number of pyridine rings is 3. The average Bonchev–Trinajstić information content (AvgIpc) is 2.94. The Hall–Kier alpha value is -4.63. The van der Waals surface area contributed by atoms with E-state index in [0.717, 1.165) is 22.0 Å². The molecule has 0 unspecified atom stereocenters. The van der Waals surface area contributed by atoms with Gasteiger partial charge >= 0.3 is 0 Å². The van der Waals surface area contributed by atoms with Gasteiger partial charge in [-0.1, -0.05) is 18.1 Å². The van der Waals surface area contributed by atoms with Gasteiger partial charge in [-0.25, -0.2) is 9.97 Å². The number of nitrogens with one attached hydrogen (secondary N) is 1. The van der Waals surface area contributed by atoms with Crippen LogP contribution in [-0.4, -0.2) is 38.2 Å². The predicted octanol–water partition coefficient (Wildman–Crippen LogP) is 4.06. The number of amides is 1. The topological polar surface area (TPSA) is 121 Å². The van der Waals surface area contributed by atoms with Crippen LogP contribution in [0.1, 0.15) is 53.6 Å². The summed E-state index contributed by atoms with van der Waals surface area (Å²) in [6.45, 7) is 6.01. The molecule has 194 valence electrons. The van der Waals surface area contributed by atoms with Crippen LogP contribution in [0, 0.1) is 23.2 Å². The highest BCUT2D eigenvalue weighted by atomic mass is 16.5. The van der Waals surface area contributed by atoms with Crippen LogP contribution in [0.5, 0.6) is 0 Å². The second-order valence-electron chi connectivity index (χ2n) is 10.3. The van der Waals surface area contributed by atoms with Crippen molar-refractivity contribution in [2.75, 3.05) is 6.61 Å². The Morgan fingerprint density at radius 2 is 1.97 bits per heavy atom. The fourth-order valence-electron chi connectivity index (χ4n) is 4.33. The first-order valence-corrected chi connectivity index (χ1v) is 12.5. The Balaban J connectivity index is 1.34. The lowest BCUT2D eigenvalue weighted by Crippen LogP contribution is -2.33. The van der Waals surface area contributed by atoms with Crippen molar-refractivity contribution in [3.8, 4) is 29.3 Å². The van der Waals surface area contributed by atoms with E-state index < -0.39 is 11.0 Å². The van der Waals surface area contributed by atoms with E-state index in [1.165, 1.54) is 0 Å². The van der Waals surface area contributed by atoms with Gasteiger partial charge < -0.3 is 15.2 Å². The van der Waals surface area contributed by atoms with Crippen molar-refractivity contribution in [3.05, 3.63) is 88.9 Å². The van der Waals surface area contributed by atoms with Crippen LogP contribution in [0.3, 0.4) is 0 Å². The minimum absolute atomic E-state index is 0.219. The van der Waals surface area contributed by atoms with Crippen molar-refractivity contribution in [2.45, 2.75) is 44.9 Å². The molecule has 1 aliphatic heterocycles. The maximum atomic E-state index is 12.9. The molecule has 3 aromatic heterocycles. The molecule has 2 N–H and O–H groups in total.